The summed E-state index contributed by atoms with van der Waals surface area (Å²) in [6.07, 6.45) is -3.17. The first-order chi connectivity index (χ1) is 18.3. The number of hydrogen-bond acceptors (Lipinski definition) is 3. The lowest BCUT2D eigenvalue weighted by molar-refractivity contribution is -0.143. The minimum absolute atomic E-state index is 0.0670. The van der Waals surface area contributed by atoms with Crippen molar-refractivity contribution in [3.63, 3.8) is 0 Å². The van der Waals surface area contributed by atoms with Crippen LogP contribution in [0.25, 0.3) is 0 Å². The van der Waals surface area contributed by atoms with E-state index in [4.69, 9.17) is 0 Å². The van der Waals surface area contributed by atoms with Crippen molar-refractivity contribution in [1.82, 2.24) is 15.1 Å². The molecule has 210 valence electrons. The van der Waals surface area contributed by atoms with Crippen LogP contribution in [0.1, 0.15) is 60.5 Å². The smallest absolute Gasteiger partial charge is 0.345 e. The number of nitrogens with zero attached hydrogens (tertiary/aromatic N) is 2. The van der Waals surface area contributed by atoms with E-state index in [1.807, 2.05) is 18.2 Å². The predicted molar refractivity (Wildman–Crippen MR) is 137 cm³/mol. The Balaban J connectivity index is 1.50. The molecule has 2 atom stereocenters. The van der Waals surface area contributed by atoms with Crippen LogP contribution in [0.4, 0.5) is 17.6 Å². The number of hydrogen-bond donors (Lipinski definition) is 1. The normalized spacial score (nSPS) is 20.3. The van der Waals surface area contributed by atoms with Gasteiger partial charge in [-0.05, 0) is 47.9 Å². The van der Waals surface area contributed by atoms with Crippen LogP contribution < -0.4 is 5.32 Å². The molecule has 0 radical (unpaired) electrons. The molecule has 39 heavy (non-hydrogen) atoms. The van der Waals surface area contributed by atoms with Crippen molar-refractivity contribution in [1.29, 1.82) is 0 Å². The molecule has 0 aliphatic carbocycles. The average Bonchev–Trinajstić information content (AvgIpc) is 2.89. The molecule has 1 N–H and O–H groups in total. The number of piperidine rings is 2. The number of carbonyl (C=O) groups is 3. The van der Waals surface area contributed by atoms with E-state index in [1.165, 1.54) is 0 Å². The van der Waals surface area contributed by atoms with Crippen molar-refractivity contribution in [2.45, 2.75) is 51.2 Å². The summed E-state index contributed by atoms with van der Waals surface area (Å²) >= 11 is 0. The van der Waals surface area contributed by atoms with Crippen LogP contribution in [-0.2, 0) is 15.8 Å². The number of likely N-dealkylation sites (N-methyl/N-ethyl adjacent to an activating group) is 1. The van der Waals surface area contributed by atoms with Gasteiger partial charge in [-0.15, -0.1) is 0 Å². The Kier molecular flexibility index (Phi) is 8.04. The van der Waals surface area contributed by atoms with Gasteiger partial charge in [0.25, 0.3) is 5.91 Å². The Morgan fingerprint density at radius 2 is 1.69 bits per heavy atom. The third-order valence-corrected chi connectivity index (χ3v) is 8.16. The van der Waals surface area contributed by atoms with Crippen molar-refractivity contribution < 1.29 is 31.9 Å². The summed E-state index contributed by atoms with van der Waals surface area (Å²) in [5, 5.41) is 2.47. The summed E-state index contributed by atoms with van der Waals surface area (Å²) in [6, 6.07) is 10.6. The van der Waals surface area contributed by atoms with E-state index in [2.05, 4.69) is 17.4 Å². The maximum atomic E-state index is 14.3. The molecule has 2 aliphatic heterocycles. The average molecular weight is 548 g/mol. The van der Waals surface area contributed by atoms with Gasteiger partial charge in [0.2, 0.25) is 11.8 Å². The SMILES string of the molecule is CC(C)[C@@H](NC(=O)c1cc(C(F)(F)F)ccc1F)C(=O)N1CCC2(CC1)CC(=O)N(C)C[C@H]2c1ccccc1. The van der Waals surface area contributed by atoms with Crippen molar-refractivity contribution in [3.8, 4) is 0 Å². The van der Waals surface area contributed by atoms with E-state index >= 15 is 0 Å². The lowest BCUT2D eigenvalue weighted by atomic mass is 9.62. The van der Waals surface area contributed by atoms with Crippen molar-refractivity contribution >= 4 is 17.7 Å². The van der Waals surface area contributed by atoms with Gasteiger partial charge in [0, 0.05) is 39.0 Å². The number of nitrogens with one attached hydrogen (secondary N) is 1. The van der Waals surface area contributed by atoms with Gasteiger partial charge in [0.1, 0.15) is 11.9 Å². The van der Waals surface area contributed by atoms with Crippen LogP contribution in [0.15, 0.2) is 48.5 Å². The fraction of sp³-hybridized carbons (Fsp3) is 0.483. The molecule has 0 bridgehead atoms. The molecule has 2 aromatic rings. The summed E-state index contributed by atoms with van der Waals surface area (Å²) in [5.41, 5.74) is -1.08. The van der Waals surface area contributed by atoms with Crippen LogP contribution in [0, 0.1) is 17.2 Å². The number of alkyl halides is 3. The summed E-state index contributed by atoms with van der Waals surface area (Å²) in [4.78, 5) is 42.4. The Morgan fingerprint density at radius 3 is 2.28 bits per heavy atom. The minimum Gasteiger partial charge on any atom is -0.345 e. The van der Waals surface area contributed by atoms with Crippen molar-refractivity contribution in [3.05, 3.63) is 71.0 Å². The van der Waals surface area contributed by atoms with Crippen LogP contribution in [0.2, 0.25) is 0 Å². The van der Waals surface area contributed by atoms with Crippen molar-refractivity contribution in [2.75, 3.05) is 26.7 Å². The highest BCUT2D eigenvalue weighted by molar-refractivity contribution is 5.98. The monoisotopic (exact) mass is 547 g/mol. The molecule has 0 aromatic heterocycles. The van der Waals surface area contributed by atoms with Crippen LogP contribution in [0.3, 0.4) is 0 Å². The molecule has 2 aliphatic rings. The quantitative estimate of drug-likeness (QED) is 0.544. The molecular weight excluding hydrogens is 514 g/mol. The molecule has 1 spiro atoms. The molecule has 2 heterocycles. The van der Waals surface area contributed by atoms with Gasteiger partial charge in [-0.1, -0.05) is 44.2 Å². The number of halogens is 4. The molecular formula is C29H33F4N3O3. The summed E-state index contributed by atoms with van der Waals surface area (Å²) in [6.45, 7) is 4.74. The van der Waals surface area contributed by atoms with Crippen LogP contribution >= 0.6 is 0 Å². The maximum absolute atomic E-state index is 14.3. The van der Waals surface area contributed by atoms with Gasteiger partial charge in [0.15, 0.2) is 0 Å². The highest BCUT2D eigenvalue weighted by atomic mass is 19.4. The molecule has 6 nitrogen and oxygen atoms in total. The molecule has 2 aromatic carbocycles. The Morgan fingerprint density at radius 1 is 1.05 bits per heavy atom. The van der Waals surface area contributed by atoms with E-state index in [0.717, 1.165) is 5.56 Å². The summed E-state index contributed by atoms with van der Waals surface area (Å²) < 4.78 is 53.7. The Labute approximate surface area is 225 Å². The number of amides is 3. The van der Waals surface area contributed by atoms with Gasteiger partial charge in [-0.25, -0.2) is 4.39 Å². The zero-order chi connectivity index (χ0) is 28.5. The Hall–Kier alpha value is -3.43. The standard InChI is InChI=1S/C29H33F4N3O3/c1-18(2)25(34-26(38)21-15-20(29(31,32)33)9-10-23(21)30)27(39)36-13-11-28(12-14-36)16-24(37)35(3)17-22(28)19-7-5-4-6-8-19/h4-10,15,18,22,25H,11-14,16-17H2,1-3H3,(H,34,38)/t22-,25+/m0/s1. The molecule has 0 unspecified atom stereocenters. The zero-order valence-corrected chi connectivity index (χ0v) is 22.2. The fourth-order valence-electron chi connectivity index (χ4n) is 5.78. The van der Waals surface area contributed by atoms with Crippen LogP contribution in [0.5, 0.6) is 0 Å². The third-order valence-electron chi connectivity index (χ3n) is 8.16. The van der Waals surface area contributed by atoms with Gasteiger partial charge >= 0.3 is 6.18 Å². The van der Waals surface area contributed by atoms with Crippen LogP contribution in [-0.4, -0.2) is 60.2 Å². The number of rotatable bonds is 5. The second-order valence-corrected chi connectivity index (χ2v) is 11.0. The predicted octanol–water partition coefficient (Wildman–Crippen LogP) is 4.85. The first-order valence-corrected chi connectivity index (χ1v) is 13.1. The molecule has 4 rings (SSSR count). The van der Waals surface area contributed by atoms with E-state index in [9.17, 15) is 31.9 Å². The van der Waals surface area contributed by atoms with E-state index in [0.29, 0.717) is 57.1 Å². The second-order valence-electron chi connectivity index (χ2n) is 11.0. The molecule has 10 heteroatoms. The van der Waals surface area contributed by atoms with E-state index < -0.39 is 41.0 Å². The number of carbonyl (C=O) groups excluding carboxylic acids is 3. The lowest BCUT2D eigenvalue weighted by Crippen LogP contribution is -2.57. The molecule has 3 amide bonds. The van der Waals surface area contributed by atoms with E-state index in [-0.39, 0.29) is 23.1 Å². The fourth-order valence-corrected chi connectivity index (χ4v) is 5.78. The van der Waals surface area contributed by atoms with Gasteiger partial charge in [0.05, 0.1) is 11.1 Å². The highest BCUT2D eigenvalue weighted by Gasteiger charge is 2.48. The largest absolute Gasteiger partial charge is 0.416 e. The first kappa shape index (κ1) is 28.6. The topological polar surface area (TPSA) is 69.7 Å². The van der Waals surface area contributed by atoms with Gasteiger partial charge < -0.3 is 15.1 Å². The first-order valence-electron chi connectivity index (χ1n) is 13.1. The summed E-state index contributed by atoms with van der Waals surface area (Å²) in [5.74, 6) is -2.77. The highest BCUT2D eigenvalue weighted by Crippen LogP contribution is 2.50. The number of benzene rings is 2. The van der Waals surface area contributed by atoms with Gasteiger partial charge in [-0.3, -0.25) is 14.4 Å². The summed E-state index contributed by atoms with van der Waals surface area (Å²) in [7, 11) is 1.80. The van der Waals surface area contributed by atoms with Gasteiger partial charge in [-0.2, -0.15) is 13.2 Å². The third kappa shape index (κ3) is 5.94. The molecule has 2 fully saturated rings. The lowest BCUT2D eigenvalue weighted by Gasteiger charge is -2.51. The molecule has 2 saturated heterocycles. The number of likely N-dealkylation sites (tertiary alicyclic amines) is 2. The van der Waals surface area contributed by atoms with E-state index in [1.54, 1.807) is 30.7 Å². The second kappa shape index (κ2) is 11.0. The Bertz CT molecular complexity index is 1220. The minimum atomic E-state index is -4.74. The van der Waals surface area contributed by atoms with Crippen molar-refractivity contribution in [2.24, 2.45) is 11.3 Å². The maximum Gasteiger partial charge on any atom is 0.416 e. The molecule has 0 saturated carbocycles. The zero-order valence-electron chi connectivity index (χ0n) is 22.2.